The predicted molar refractivity (Wildman–Crippen MR) is 111 cm³/mol. The van der Waals surface area contributed by atoms with Crippen molar-refractivity contribution in [1.82, 2.24) is 4.98 Å². The Balaban J connectivity index is 1.54. The molecule has 3 aromatic rings. The van der Waals surface area contributed by atoms with Gasteiger partial charge in [0, 0.05) is 24.0 Å². The third-order valence-corrected chi connectivity index (χ3v) is 8.70. The highest BCUT2D eigenvalue weighted by Crippen LogP contribution is 2.35. The highest BCUT2D eigenvalue weighted by atomic mass is 32.2. The summed E-state index contributed by atoms with van der Waals surface area (Å²) in [6, 6.07) is 7.72. The van der Waals surface area contributed by atoms with Crippen molar-refractivity contribution in [2.75, 3.05) is 18.0 Å². The van der Waals surface area contributed by atoms with Crippen molar-refractivity contribution in [2.24, 2.45) is 0 Å². The maximum atomic E-state index is 14.1. The second-order valence-corrected chi connectivity index (χ2v) is 10.5. The molecule has 1 aliphatic rings. The van der Waals surface area contributed by atoms with Gasteiger partial charge in [0.05, 0.1) is 10.9 Å². The number of aromatic nitrogens is 1. The fraction of sp³-hybridized carbons (Fsp3) is 0.286. The van der Waals surface area contributed by atoms with E-state index in [-0.39, 0.29) is 25.9 Å². The minimum Gasteiger partial charge on any atom is -0.348 e. The maximum absolute atomic E-state index is 14.1. The van der Waals surface area contributed by atoms with Crippen molar-refractivity contribution in [3.63, 3.8) is 0 Å². The van der Waals surface area contributed by atoms with Gasteiger partial charge in [-0.3, -0.25) is 0 Å². The standard InChI is InChI=1S/C21H17F5N2O2S2/c1-11-4-2-3-5-13(11)14-10-31-21(27-14)28-8-6-12(7-9-28)32(29,30)20-18(25)16(23)15(22)17(24)19(20)26/h2-5,10,12H,6-9H2,1H3. The molecule has 0 amide bonds. The highest BCUT2D eigenvalue weighted by Gasteiger charge is 2.39. The first-order chi connectivity index (χ1) is 15.1. The normalized spacial score (nSPS) is 15.4. The van der Waals surface area contributed by atoms with Gasteiger partial charge < -0.3 is 4.90 Å². The minimum atomic E-state index is -4.77. The van der Waals surface area contributed by atoms with Crippen LogP contribution in [0.5, 0.6) is 0 Å². The molecular weight excluding hydrogens is 471 g/mol. The molecule has 11 heteroatoms. The van der Waals surface area contributed by atoms with E-state index in [4.69, 9.17) is 0 Å². The van der Waals surface area contributed by atoms with Gasteiger partial charge in [0.2, 0.25) is 5.82 Å². The Morgan fingerprint density at radius 3 is 2.09 bits per heavy atom. The maximum Gasteiger partial charge on any atom is 0.200 e. The molecule has 4 nitrogen and oxygen atoms in total. The zero-order valence-corrected chi connectivity index (χ0v) is 18.3. The Kier molecular flexibility index (Phi) is 5.97. The lowest BCUT2D eigenvalue weighted by Gasteiger charge is -2.31. The lowest BCUT2D eigenvalue weighted by atomic mass is 10.1. The number of hydrogen-bond donors (Lipinski definition) is 0. The summed E-state index contributed by atoms with van der Waals surface area (Å²) in [6.07, 6.45) is -0.0811. The van der Waals surface area contributed by atoms with Gasteiger partial charge in [0.15, 0.2) is 38.2 Å². The summed E-state index contributed by atoms with van der Waals surface area (Å²) in [4.78, 5) is 4.69. The summed E-state index contributed by atoms with van der Waals surface area (Å²) in [7, 11) is -4.77. The molecule has 0 unspecified atom stereocenters. The Morgan fingerprint density at radius 2 is 1.50 bits per heavy atom. The van der Waals surface area contributed by atoms with Crippen LogP contribution in [-0.4, -0.2) is 31.7 Å². The van der Waals surface area contributed by atoms with E-state index in [9.17, 15) is 30.4 Å². The van der Waals surface area contributed by atoms with Crippen LogP contribution in [0.2, 0.25) is 0 Å². The van der Waals surface area contributed by atoms with Crippen LogP contribution in [0, 0.1) is 36.0 Å². The summed E-state index contributed by atoms with van der Waals surface area (Å²) >= 11 is 1.38. The lowest BCUT2D eigenvalue weighted by Crippen LogP contribution is -2.40. The molecule has 170 valence electrons. The van der Waals surface area contributed by atoms with E-state index in [1.807, 2.05) is 41.5 Å². The van der Waals surface area contributed by atoms with Gasteiger partial charge in [-0.2, -0.15) is 0 Å². The van der Waals surface area contributed by atoms with Crippen LogP contribution in [0.4, 0.5) is 27.1 Å². The molecule has 1 aromatic heterocycles. The van der Waals surface area contributed by atoms with Crippen molar-refractivity contribution in [3.05, 3.63) is 64.3 Å². The van der Waals surface area contributed by atoms with Crippen molar-refractivity contribution in [2.45, 2.75) is 29.9 Å². The number of piperidine rings is 1. The molecule has 0 radical (unpaired) electrons. The summed E-state index contributed by atoms with van der Waals surface area (Å²) < 4.78 is 93.9. The van der Waals surface area contributed by atoms with Crippen molar-refractivity contribution in [1.29, 1.82) is 0 Å². The molecule has 1 saturated heterocycles. The molecule has 2 aromatic carbocycles. The first kappa shape index (κ1) is 22.7. The van der Waals surface area contributed by atoms with Gasteiger partial charge in [-0.1, -0.05) is 24.3 Å². The molecule has 0 N–H and O–H groups in total. The van der Waals surface area contributed by atoms with Crippen molar-refractivity contribution < 1.29 is 30.4 Å². The first-order valence-electron chi connectivity index (χ1n) is 9.64. The van der Waals surface area contributed by atoms with Gasteiger partial charge in [-0.25, -0.2) is 35.4 Å². The van der Waals surface area contributed by atoms with E-state index in [1.165, 1.54) is 11.3 Å². The van der Waals surface area contributed by atoms with Crippen molar-refractivity contribution >= 4 is 26.3 Å². The topological polar surface area (TPSA) is 50.3 Å². The molecule has 0 bridgehead atoms. The number of halogens is 5. The Bertz CT molecular complexity index is 1260. The number of hydrogen-bond acceptors (Lipinski definition) is 5. The zero-order chi connectivity index (χ0) is 23.2. The third-order valence-electron chi connectivity index (χ3n) is 5.52. The molecular formula is C21H17F5N2O2S2. The quantitative estimate of drug-likeness (QED) is 0.218. The van der Waals surface area contributed by atoms with Crippen LogP contribution >= 0.6 is 11.3 Å². The molecule has 32 heavy (non-hydrogen) atoms. The molecule has 2 heterocycles. The average Bonchev–Trinajstić information content (AvgIpc) is 3.27. The fourth-order valence-electron chi connectivity index (χ4n) is 3.75. The van der Waals surface area contributed by atoms with Crippen LogP contribution in [0.15, 0.2) is 34.5 Å². The van der Waals surface area contributed by atoms with Crippen LogP contribution in [0.1, 0.15) is 18.4 Å². The molecule has 1 aliphatic heterocycles. The van der Waals surface area contributed by atoms with Gasteiger partial charge >= 0.3 is 0 Å². The van der Waals surface area contributed by atoms with E-state index in [1.54, 1.807) is 0 Å². The van der Waals surface area contributed by atoms with E-state index < -0.39 is 49.1 Å². The summed E-state index contributed by atoms with van der Waals surface area (Å²) in [5.74, 6) is -11.6. The SMILES string of the molecule is Cc1ccccc1-c1csc(N2CCC(S(=O)(=O)c3c(F)c(F)c(F)c(F)c3F)CC2)n1. The Morgan fingerprint density at radius 1 is 0.938 bits per heavy atom. The number of sulfone groups is 1. The van der Waals surface area contributed by atoms with Crippen LogP contribution in [0.25, 0.3) is 11.3 Å². The van der Waals surface area contributed by atoms with E-state index in [2.05, 4.69) is 4.98 Å². The van der Waals surface area contributed by atoms with E-state index >= 15 is 0 Å². The Hall–Kier alpha value is -2.53. The van der Waals surface area contributed by atoms with E-state index in [0.717, 1.165) is 16.8 Å². The molecule has 1 fully saturated rings. The van der Waals surface area contributed by atoms with Crippen LogP contribution in [0.3, 0.4) is 0 Å². The fourth-order valence-corrected chi connectivity index (χ4v) is 6.48. The molecule has 0 atom stereocenters. The third kappa shape index (κ3) is 3.77. The highest BCUT2D eigenvalue weighted by molar-refractivity contribution is 7.92. The molecule has 4 rings (SSSR count). The van der Waals surface area contributed by atoms with Crippen LogP contribution < -0.4 is 4.90 Å². The van der Waals surface area contributed by atoms with E-state index in [0.29, 0.717) is 5.13 Å². The number of benzene rings is 2. The van der Waals surface area contributed by atoms with Gasteiger partial charge in [-0.05, 0) is 25.3 Å². The lowest BCUT2D eigenvalue weighted by molar-refractivity contribution is 0.356. The average molecular weight is 489 g/mol. The number of rotatable bonds is 4. The smallest absolute Gasteiger partial charge is 0.200 e. The monoisotopic (exact) mass is 488 g/mol. The Labute approximate surface area is 185 Å². The number of thiazole rings is 1. The number of nitrogens with zero attached hydrogens (tertiary/aromatic N) is 2. The zero-order valence-electron chi connectivity index (χ0n) is 16.7. The largest absolute Gasteiger partial charge is 0.348 e. The summed E-state index contributed by atoms with van der Waals surface area (Å²) in [6.45, 7) is 2.38. The van der Waals surface area contributed by atoms with Gasteiger partial charge in [-0.15, -0.1) is 11.3 Å². The summed E-state index contributed by atoms with van der Waals surface area (Å²) in [5, 5.41) is 1.27. The second-order valence-electron chi connectivity index (χ2n) is 7.46. The minimum absolute atomic E-state index is 0.0406. The number of anilines is 1. The molecule has 0 aliphatic carbocycles. The molecule has 0 saturated carbocycles. The predicted octanol–water partition coefficient (Wildman–Crippen LogP) is 5.26. The van der Waals surface area contributed by atoms with Gasteiger partial charge in [0.25, 0.3) is 0 Å². The van der Waals surface area contributed by atoms with Crippen molar-refractivity contribution in [3.8, 4) is 11.3 Å². The van der Waals surface area contributed by atoms with Crippen LogP contribution in [-0.2, 0) is 9.84 Å². The number of aryl methyl sites for hydroxylation is 1. The molecule has 0 spiro atoms. The van der Waals surface area contributed by atoms with Gasteiger partial charge in [0.1, 0.15) is 4.90 Å². The first-order valence-corrected chi connectivity index (χ1v) is 12.1. The summed E-state index contributed by atoms with van der Waals surface area (Å²) in [5.41, 5.74) is 2.80. The second kappa shape index (κ2) is 8.43.